The zero-order chi connectivity index (χ0) is 23.8. The largest absolute Gasteiger partial charge is 0.317 e. The number of sulfonamides is 1. The summed E-state index contributed by atoms with van der Waals surface area (Å²) in [6, 6.07) is 12.3. The van der Waals surface area contributed by atoms with Crippen LogP contribution in [-0.2, 0) is 15.4 Å². The fourth-order valence-corrected chi connectivity index (χ4v) is 6.35. The van der Waals surface area contributed by atoms with Crippen molar-refractivity contribution in [3.05, 3.63) is 69.9 Å². The molecule has 0 spiro atoms. The van der Waals surface area contributed by atoms with E-state index in [9.17, 15) is 17.6 Å². The van der Waals surface area contributed by atoms with E-state index in [4.69, 9.17) is 0 Å². The van der Waals surface area contributed by atoms with Crippen LogP contribution in [-0.4, -0.2) is 35.4 Å². The number of carbonyl (C=O) groups is 1. The van der Waals surface area contributed by atoms with Crippen LogP contribution in [0.4, 0.5) is 10.1 Å². The monoisotopic (exact) mass is 488 g/mol. The number of hydrogen-bond donors (Lipinski definition) is 1. The number of rotatable bonds is 5. The molecule has 33 heavy (non-hydrogen) atoms. The first kappa shape index (κ1) is 23.5. The van der Waals surface area contributed by atoms with Crippen LogP contribution in [0.3, 0.4) is 0 Å². The minimum Gasteiger partial charge on any atom is -0.317 e. The highest BCUT2D eigenvalue weighted by atomic mass is 32.2. The van der Waals surface area contributed by atoms with E-state index in [-0.39, 0.29) is 21.0 Å². The number of aromatic nitrogens is 2. The molecule has 0 saturated carbocycles. The molecule has 4 rings (SSSR count). The highest BCUT2D eigenvalue weighted by Gasteiger charge is 2.38. The first-order valence-corrected chi connectivity index (χ1v) is 12.8. The number of anilines is 1. The molecule has 0 bridgehead atoms. The van der Waals surface area contributed by atoms with Gasteiger partial charge in [-0.15, -0.1) is 10.2 Å². The van der Waals surface area contributed by atoms with Crippen molar-refractivity contribution in [2.24, 2.45) is 0 Å². The SMILES string of the molecule is CC(C)(C)c1ccc(S(=O)(=O)N2CCC[C@H]2c2nnc(C(=O)Nc3ccccc3F)s2)cc1. The molecule has 1 aliphatic rings. The summed E-state index contributed by atoms with van der Waals surface area (Å²) in [6.45, 7) is 6.58. The Bertz CT molecular complexity index is 1270. The first-order valence-electron chi connectivity index (χ1n) is 10.6. The molecule has 2 heterocycles. The van der Waals surface area contributed by atoms with E-state index >= 15 is 0 Å². The number of nitrogens with one attached hydrogen (secondary N) is 1. The van der Waals surface area contributed by atoms with Crippen LogP contribution in [0.2, 0.25) is 0 Å². The number of halogens is 1. The summed E-state index contributed by atoms with van der Waals surface area (Å²) in [5, 5.41) is 11.0. The molecule has 0 radical (unpaired) electrons. The normalized spacial score (nSPS) is 17.3. The van der Waals surface area contributed by atoms with Crippen molar-refractivity contribution in [1.82, 2.24) is 14.5 Å². The zero-order valence-electron chi connectivity index (χ0n) is 18.6. The Labute approximate surface area is 196 Å². The van der Waals surface area contributed by atoms with E-state index in [1.165, 1.54) is 22.5 Å². The van der Waals surface area contributed by atoms with Crippen molar-refractivity contribution in [2.75, 3.05) is 11.9 Å². The lowest BCUT2D eigenvalue weighted by molar-refractivity contribution is 0.102. The third-order valence-corrected chi connectivity index (χ3v) is 8.52. The predicted molar refractivity (Wildman–Crippen MR) is 125 cm³/mol. The van der Waals surface area contributed by atoms with Gasteiger partial charge in [0.1, 0.15) is 10.8 Å². The molecule has 174 valence electrons. The average Bonchev–Trinajstić information content (AvgIpc) is 3.45. The molecule has 0 aliphatic carbocycles. The first-order chi connectivity index (χ1) is 15.6. The molecule has 1 fully saturated rings. The second kappa shape index (κ2) is 8.92. The molecule has 1 aromatic heterocycles. The topological polar surface area (TPSA) is 92.3 Å². The van der Waals surface area contributed by atoms with Gasteiger partial charge >= 0.3 is 0 Å². The van der Waals surface area contributed by atoms with Crippen molar-refractivity contribution in [3.8, 4) is 0 Å². The van der Waals surface area contributed by atoms with Gasteiger partial charge in [-0.05, 0) is 48.1 Å². The maximum absolute atomic E-state index is 13.8. The highest BCUT2D eigenvalue weighted by molar-refractivity contribution is 7.89. The Hall–Kier alpha value is -2.69. The maximum Gasteiger partial charge on any atom is 0.286 e. The molecule has 7 nitrogen and oxygen atoms in total. The molecule has 3 aromatic rings. The summed E-state index contributed by atoms with van der Waals surface area (Å²) in [5.41, 5.74) is 1.02. The summed E-state index contributed by atoms with van der Waals surface area (Å²) < 4.78 is 42.0. The molecular formula is C23H25FN4O3S2. The quantitative estimate of drug-likeness (QED) is 0.559. The summed E-state index contributed by atoms with van der Waals surface area (Å²) in [6.07, 6.45) is 1.27. The fourth-order valence-electron chi connectivity index (χ4n) is 3.74. The Morgan fingerprint density at radius 2 is 1.82 bits per heavy atom. The van der Waals surface area contributed by atoms with E-state index < -0.39 is 27.8 Å². The standard InChI is InChI=1S/C23H25FN4O3S2/c1-23(2,3)15-10-12-16(13-11-15)33(30,31)28-14-6-9-19(28)21-26-27-22(32-21)20(29)25-18-8-5-4-7-17(18)24/h4-5,7-8,10-13,19H,6,9,14H2,1-3H3,(H,25,29)/t19-/m0/s1. The van der Waals surface area contributed by atoms with Crippen LogP contribution in [0.15, 0.2) is 53.4 Å². The number of benzene rings is 2. The third-order valence-electron chi connectivity index (χ3n) is 5.57. The van der Waals surface area contributed by atoms with Crippen molar-refractivity contribution >= 4 is 33.0 Å². The van der Waals surface area contributed by atoms with Gasteiger partial charge in [0.2, 0.25) is 15.0 Å². The molecule has 1 atom stereocenters. The van der Waals surface area contributed by atoms with Gasteiger partial charge in [0.25, 0.3) is 5.91 Å². The number of para-hydroxylation sites is 1. The smallest absolute Gasteiger partial charge is 0.286 e. The second-order valence-corrected chi connectivity index (χ2v) is 11.8. The lowest BCUT2D eigenvalue weighted by Gasteiger charge is -2.23. The van der Waals surface area contributed by atoms with E-state index in [2.05, 4.69) is 36.3 Å². The van der Waals surface area contributed by atoms with E-state index in [0.717, 1.165) is 16.9 Å². The molecule has 2 aromatic carbocycles. The third kappa shape index (κ3) is 4.83. The molecule has 0 unspecified atom stereocenters. The van der Waals surface area contributed by atoms with Crippen LogP contribution in [0.25, 0.3) is 0 Å². The summed E-state index contributed by atoms with van der Waals surface area (Å²) in [7, 11) is -3.74. The fraction of sp³-hybridized carbons (Fsp3) is 0.348. The van der Waals surface area contributed by atoms with Crippen molar-refractivity contribution in [2.45, 2.75) is 50.0 Å². The molecular weight excluding hydrogens is 463 g/mol. The number of amides is 1. The lowest BCUT2D eigenvalue weighted by atomic mass is 9.87. The summed E-state index contributed by atoms with van der Waals surface area (Å²) >= 11 is 1.02. The van der Waals surface area contributed by atoms with E-state index in [1.54, 1.807) is 18.2 Å². The summed E-state index contributed by atoms with van der Waals surface area (Å²) in [4.78, 5) is 12.7. The highest BCUT2D eigenvalue weighted by Crippen LogP contribution is 2.38. The van der Waals surface area contributed by atoms with Crippen LogP contribution < -0.4 is 5.32 Å². The molecule has 1 N–H and O–H groups in total. The number of nitrogens with zero attached hydrogens (tertiary/aromatic N) is 3. The van der Waals surface area contributed by atoms with Gasteiger partial charge in [-0.3, -0.25) is 4.79 Å². The van der Waals surface area contributed by atoms with Gasteiger partial charge in [-0.25, -0.2) is 12.8 Å². The molecule has 1 aliphatic heterocycles. The van der Waals surface area contributed by atoms with Gasteiger partial charge in [0.05, 0.1) is 16.6 Å². The van der Waals surface area contributed by atoms with Gasteiger partial charge in [-0.2, -0.15) is 4.31 Å². The van der Waals surface area contributed by atoms with Crippen LogP contribution >= 0.6 is 11.3 Å². The van der Waals surface area contributed by atoms with E-state index in [0.29, 0.717) is 24.4 Å². The maximum atomic E-state index is 13.8. The minimum absolute atomic E-state index is 0.0445. The van der Waals surface area contributed by atoms with Crippen molar-refractivity contribution < 1.29 is 17.6 Å². The molecule has 10 heteroatoms. The number of hydrogen-bond acceptors (Lipinski definition) is 6. The average molecular weight is 489 g/mol. The van der Waals surface area contributed by atoms with Crippen LogP contribution in [0.5, 0.6) is 0 Å². The van der Waals surface area contributed by atoms with Crippen LogP contribution in [0, 0.1) is 5.82 Å². The molecule has 1 amide bonds. The minimum atomic E-state index is -3.74. The molecule has 1 saturated heterocycles. The van der Waals surface area contributed by atoms with Gasteiger partial charge < -0.3 is 5.32 Å². The Balaban J connectivity index is 1.54. The van der Waals surface area contributed by atoms with Gasteiger partial charge in [0, 0.05) is 6.54 Å². The van der Waals surface area contributed by atoms with Crippen molar-refractivity contribution in [1.29, 1.82) is 0 Å². The zero-order valence-corrected chi connectivity index (χ0v) is 20.2. The Morgan fingerprint density at radius 3 is 2.48 bits per heavy atom. The Morgan fingerprint density at radius 1 is 1.12 bits per heavy atom. The van der Waals surface area contributed by atoms with Crippen molar-refractivity contribution in [3.63, 3.8) is 0 Å². The summed E-state index contributed by atoms with van der Waals surface area (Å²) in [5.74, 6) is -1.14. The second-order valence-electron chi connectivity index (χ2n) is 8.93. The lowest BCUT2D eigenvalue weighted by Crippen LogP contribution is -2.30. The van der Waals surface area contributed by atoms with Crippen LogP contribution in [0.1, 0.15) is 60.0 Å². The Kier molecular flexibility index (Phi) is 6.35. The number of carbonyl (C=O) groups excluding carboxylic acids is 1. The van der Waals surface area contributed by atoms with Gasteiger partial charge in [0.15, 0.2) is 0 Å². The van der Waals surface area contributed by atoms with Gasteiger partial charge in [-0.1, -0.05) is 56.4 Å². The predicted octanol–water partition coefficient (Wildman–Crippen LogP) is 4.75. The van der Waals surface area contributed by atoms with E-state index in [1.807, 2.05) is 12.1 Å².